The molecule has 0 fully saturated rings. The number of rotatable bonds is 3. The molecule has 0 unspecified atom stereocenters. The molecule has 0 saturated carbocycles. The Kier molecular flexibility index (Phi) is 4.55. The van der Waals surface area contributed by atoms with Crippen LogP contribution in [-0.4, -0.2) is 19.1 Å². The monoisotopic (exact) mass is 526 g/mol. The number of hydrogen-bond donors (Lipinski definition) is 0. The van der Waals surface area contributed by atoms with Gasteiger partial charge in [0.25, 0.3) is 0 Å². The molecular formula is C36H22N4O. The van der Waals surface area contributed by atoms with Gasteiger partial charge in [0.05, 0.1) is 28.3 Å². The van der Waals surface area contributed by atoms with Crippen LogP contribution in [0.5, 0.6) is 0 Å². The Hall–Kier alpha value is -5.68. The molecular weight excluding hydrogens is 504 g/mol. The predicted octanol–water partition coefficient (Wildman–Crippen LogP) is 9.08. The Balaban J connectivity index is 1.30. The van der Waals surface area contributed by atoms with E-state index in [0.717, 1.165) is 28.0 Å². The largest absolute Gasteiger partial charge is 0.436 e. The van der Waals surface area contributed by atoms with E-state index in [1.54, 1.807) is 12.4 Å². The normalized spacial score (nSPS) is 11.9. The van der Waals surface area contributed by atoms with E-state index in [1.807, 2.05) is 6.07 Å². The highest BCUT2D eigenvalue weighted by Crippen LogP contribution is 2.39. The molecule has 5 aromatic carbocycles. The molecule has 0 aliphatic heterocycles. The number of hydrogen-bond acceptors (Lipinski definition) is 3. The molecule has 0 aliphatic rings. The number of fused-ring (bicyclic) bond motifs is 7. The number of oxazole rings is 1. The molecule has 0 bridgehead atoms. The average Bonchev–Trinajstić information content (AvgIpc) is 3.71. The minimum atomic E-state index is 0.595. The smallest absolute Gasteiger partial charge is 0.227 e. The average molecular weight is 527 g/mol. The molecule has 41 heavy (non-hydrogen) atoms. The zero-order valence-corrected chi connectivity index (χ0v) is 21.9. The molecule has 0 radical (unpaired) electrons. The van der Waals surface area contributed by atoms with E-state index in [2.05, 4.69) is 134 Å². The van der Waals surface area contributed by atoms with Crippen molar-refractivity contribution in [3.05, 3.63) is 134 Å². The van der Waals surface area contributed by atoms with Gasteiger partial charge in [-0.05, 0) is 60.7 Å². The molecule has 9 rings (SSSR count). The van der Waals surface area contributed by atoms with Gasteiger partial charge in [0.1, 0.15) is 5.52 Å². The third-order valence-electron chi connectivity index (χ3n) is 8.04. The molecule has 192 valence electrons. The maximum Gasteiger partial charge on any atom is 0.227 e. The SMILES string of the molecule is c1ccc(-n2c3ccccc3c3cc4c(cc32)c2ccccc2n4-c2ccc(-c3nc4cnccc4o3)cc2)cc1. The molecule has 4 aromatic heterocycles. The van der Waals surface area contributed by atoms with Gasteiger partial charge in [-0.2, -0.15) is 0 Å². The van der Waals surface area contributed by atoms with E-state index in [9.17, 15) is 0 Å². The third-order valence-corrected chi connectivity index (χ3v) is 8.04. The van der Waals surface area contributed by atoms with Crippen LogP contribution in [0.1, 0.15) is 0 Å². The Morgan fingerprint density at radius 2 is 1.10 bits per heavy atom. The molecule has 5 nitrogen and oxygen atoms in total. The van der Waals surface area contributed by atoms with Crippen LogP contribution < -0.4 is 0 Å². The maximum absolute atomic E-state index is 5.99. The molecule has 0 spiro atoms. The van der Waals surface area contributed by atoms with Crippen molar-refractivity contribution < 1.29 is 4.42 Å². The van der Waals surface area contributed by atoms with Crippen molar-refractivity contribution >= 4 is 54.7 Å². The van der Waals surface area contributed by atoms with Crippen LogP contribution in [0.15, 0.2) is 138 Å². The highest BCUT2D eigenvalue weighted by atomic mass is 16.3. The van der Waals surface area contributed by atoms with Gasteiger partial charge in [-0.3, -0.25) is 4.98 Å². The highest BCUT2D eigenvalue weighted by Gasteiger charge is 2.18. The van der Waals surface area contributed by atoms with Crippen LogP contribution in [0.25, 0.3) is 77.5 Å². The Morgan fingerprint density at radius 3 is 1.73 bits per heavy atom. The summed E-state index contributed by atoms with van der Waals surface area (Å²) in [7, 11) is 0. The van der Waals surface area contributed by atoms with Crippen molar-refractivity contribution in [1.29, 1.82) is 0 Å². The molecule has 0 saturated heterocycles. The molecule has 9 aromatic rings. The van der Waals surface area contributed by atoms with Crippen molar-refractivity contribution in [2.45, 2.75) is 0 Å². The van der Waals surface area contributed by atoms with Crippen LogP contribution in [0.2, 0.25) is 0 Å². The van der Waals surface area contributed by atoms with E-state index < -0.39 is 0 Å². The van der Waals surface area contributed by atoms with Crippen LogP contribution in [0.4, 0.5) is 0 Å². The summed E-state index contributed by atoms with van der Waals surface area (Å²) in [5.41, 5.74) is 9.42. The Morgan fingerprint density at radius 1 is 0.512 bits per heavy atom. The van der Waals surface area contributed by atoms with Crippen LogP contribution in [0, 0.1) is 0 Å². The molecule has 0 amide bonds. The molecule has 0 atom stereocenters. The lowest BCUT2D eigenvalue weighted by Crippen LogP contribution is -1.94. The topological polar surface area (TPSA) is 48.8 Å². The Bertz CT molecular complexity index is 2380. The van der Waals surface area contributed by atoms with Crippen molar-refractivity contribution in [2.75, 3.05) is 0 Å². The fraction of sp³-hybridized carbons (Fsp3) is 0. The fourth-order valence-electron chi connectivity index (χ4n) is 6.22. The first-order valence-corrected chi connectivity index (χ1v) is 13.7. The lowest BCUT2D eigenvalue weighted by molar-refractivity contribution is 0.619. The number of benzene rings is 5. The zero-order chi connectivity index (χ0) is 26.9. The van der Waals surface area contributed by atoms with E-state index >= 15 is 0 Å². The van der Waals surface area contributed by atoms with E-state index in [0.29, 0.717) is 5.89 Å². The minimum Gasteiger partial charge on any atom is -0.436 e. The first-order chi connectivity index (χ1) is 20.3. The second kappa shape index (κ2) is 8.41. The van der Waals surface area contributed by atoms with Gasteiger partial charge in [-0.25, -0.2) is 4.98 Å². The van der Waals surface area contributed by atoms with Gasteiger partial charge >= 0.3 is 0 Å². The Labute approximate surface area is 234 Å². The van der Waals surface area contributed by atoms with Gasteiger partial charge in [0.2, 0.25) is 5.89 Å². The summed E-state index contributed by atoms with van der Waals surface area (Å²) in [5.74, 6) is 0.595. The molecule has 0 N–H and O–H groups in total. The van der Waals surface area contributed by atoms with Gasteiger partial charge < -0.3 is 13.6 Å². The minimum absolute atomic E-state index is 0.595. The van der Waals surface area contributed by atoms with Crippen molar-refractivity contribution in [1.82, 2.24) is 19.1 Å². The van der Waals surface area contributed by atoms with Gasteiger partial charge in [-0.15, -0.1) is 0 Å². The van der Waals surface area contributed by atoms with E-state index in [4.69, 9.17) is 4.42 Å². The van der Waals surface area contributed by atoms with Crippen LogP contribution >= 0.6 is 0 Å². The zero-order valence-electron chi connectivity index (χ0n) is 21.9. The van der Waals surface area contributed by atoms with Crippen molar-refractivity contribution in [2.24, 2.45) is 0 Å². The lowest BCUT2D eigenvalue weighted by atomic mass is 10.1. The third kappa shape index (κ3) is 3.23. The standard InChI is InChI=1S/C36H22N4O/c1-2-8-24(9-3-1)39-31-12-6-4-10-26(31)28-21-34-29(20-33(28)39)27-11-5-7-13-32(27)40(34)25-16-14-23(15-17-25)36-38-30-22-37-19-18-35(30)41-36/h1-22H. The second-order valence-corrected chi connectivity index (χ2v) is 10.3. The number of nitrogens with zero attached hydrogens (tertiary/aromatic N) is 4. The predicted molar refractivity (Wildman–Crippen MR) is 166 cm³/mol. The molecule has 4 heterocycles. The summed E-state index contributed by atoms with van der Waals surface area (Å²) >= 11 is 0. The number of para-hydroxylation sites is 3. The van der Waals surface area contributed by atoms with E-state index in [1.165, 1.54) is 43.6 Å². The number of pyridine rings is 1. The van der Waals surface area contributed by atoms with E-state index in [-0.39, 0.29) is 0 Å². The van der Waals surface area contributed by atoms with Crippen LogP contribution in [-0.2, 0) is 0 Å². The van der Waals surface area contributed by atoms with Crippen LogP contribution in [0.3, 0.4) is 0 Å². The summed E-state index contributed by atoms with van der Waals surface area (Å²) < 4.78 is 10.7. The lowest BCUT2D eigenvalue weighted by Gasteiger charge is -2.09. The van der Waals surface area contributed by atoms with Gasteiger partial charge in [0, 0.05) is 50.7 Å². The maximum atomic E-state index is 5.99. The summed E-state index contributed by atoms with van der Waals surface area (Å²) in [4.78, 5) is 8.78. The summed E-state index contributed by atoms with van der Waals surface area (Å²) in [5, 5.41) is 4.93. The quantitative estimate of drug-likeness (QED) is 0.231. The fourth-order valence-corrected chi connectivity index (χ4v) is 6.22. The first-order valence-electron chi connectivity index (χ1n) is 13.7. The summed E-state index contributed by atoms with van der Waals surface area (Å²) in [6.45, 7) is 0. The molecule has 5 heteroatoms. The summed E-state index contributed by atoms with van der Waals surface area (Å²) in [6, 6.07) is 42.9. The highest BCUT2D eigenvalue weighted by molar-refractivity contribution is 6.19. The molecule has 0 aliphatic carbocycles. The van der Waals surface area contributed by atoms with Gasteiger partial charge in [0.15, 0.2) is 5.58 Å². The van der Waals surface area contributed by atoms with Gasteiger partial charge in [-0.1, -0.05) is 54.6 Å². The summed E-state index contributed by atoms with van der Waals surface area (Å²) in [6.07, 6.45) is 3.45. The first kappa shape index (κ1) is 22.2. The number of aromatic nitrogens is 4. The second-order valence-electron chi connectivity index (χ2n) is 10.3. The van der Waals surface area contributed by atoms with Crippen molar-refractivity contribution in [3.63, 3.8) is 0 Å². The van der Waals surface area contributed by atoms with Crippen molar-refractivity contribution in [3.8, 4) is 22.8 Å².